The van der Waals surface area contributed by atoms with Gasteiger partial charge in [0.15, 0.2) is 0 Å². The summed E-state index contributed by atoms with van der Waals surface area (Å²) in [5, 5.41) is 18.5. The van der Waals surface area contributed by atoms with E-state index >= 15 is 0 Å². The third kappa shape index (κ3) is 4.72. The summed E-state index contributed by atoms with van der Waals surface area (Å²) in [7, 11) is 0. The molecule has 0 aliphatic carbocycles. The fourth-order valence-corrected chi connectivity index (χ4v) is 4.36. The molecule has 176 valence electrons. The van der Waals surface area contributed by atoms with Crippen molar-refractivity contribution in [1.82, 2.24) is 19.7 Å². The zero-order valence-electron chi connectivity index (χ0n) is 20.6. The number of hydrogen-bond donors (Lipinski definition) is 1. The minimum atomic E-state index is -0.920. The van der Waals surface area contributed by atoms with Gasteiger partial charge in [-0.3, -0.25) is 0 Å². The molecule has 0 unspecified atom stereocenters. The average molecular weight is 457 g/mol. The van der Waals surface area contributed by atoms with Crippen LogP contribution < -0.4 is 0 Å². The molecule has 6 nitrogen and oxygen atoms in total. The number of aromatic nitrogens is 4. The van der Waals surface area contributed by atoms with Crippen molar-refractivity contribution in [3.05, 3.63) is 76.9 Å². The summed E-state index contributed by atoms with van der Waals surface area (Å²) in [5.41, 5.74) is 7.07. The van der Waals surface area contributed by atoms with Crippen LogP contribution >= 0.6 is 0 Å². The number of carboxylic acids is 1. The first-order chi connectivity index (χ1) is 16.2. The molecule has 2 heterocycles. The van der Waals surface area contributed by atoms with Gasteiger partial charge in [-0.25, -0.2) is 9.78 Å². The lowest BCUT2D eigenvalue weighted by atomic mass is 9.92. The first kappa shape index (κ1) is 23.6. The number of aryl methyl sites for hydroxylation is 2. The minimum absolute atomic E-state index is 0.0864. The first-order valence-electron chi connectivity index (χ1n) is 11.9. The Labute approximate surface area is 200 Å². The molecule has 0 bridgehead atoms. The highest BCUT2D eigenvalue weighted by molar-refractivity contribution is 5.96. The van der Waals surface area contributed by atoms with Crippen LogP contribution in [0.25, 0.3) is 22.2 Å². The second kappa shape index (κ2) is 9.37. The van der Waals surface area contributed by atoms with Crippen molar-refractivity contribution >= 4 is 17.0 Å². The van der Waals surface area contributed by atoms with Gasteiger partial charge in [0, 0.05) is 13.0 Å². The normalized spacial score (nSPS) is 11.8. The van der Waals surface area contributed by atoms with E-state index < -0.39 is 5.97 Å². The molecule has 1 N–H and O–H groups in total. The van der Waals surface area contributed by atoms with Crippen molar-refractivity contribution in [2.75, 3.05) is 0 Å². The second-order valence-corrected chi connectivity index (χ2v) is 9.90. The Kier molecular flexibility index (Phi) is 6.51. The van der Waals surface area contributed by atoms with E-state index in [0.29, 0.717) is 12.1 Å². The van der Waals surface area contributed by atoms with Crippen LogP contribution in [0, 0.1) is 5.41 Å². The largest absolute Gasteiger partial charge is 0.478 e. The van der Waals surface area contributed by atoms with Crippen LogP contribution in [0.5, 0.6) is 0 Å². The summed E-state index contributed by atoms with van der Waals surface area (Å²) in [6.45, 7) is 11.5. The summed E-state index contributed by atoms with van der Waals surface area (Å²) in [4.78, 5) is 16.7. The van der Waals surface area contributed by atoms with Crippen LogP contribution in [0.2, 0.25) is 0 Å². The van der Waals surface area contributed by atoms with Crippen LogP contribution in [-0.4, -0.2) is 30.8 Å². The lowest BCUT2D eigenvalue weighted by Crippen LogP contribution is -2.15. The lowest BCUT2D eigenvalue weighted by Gasteiger charge is -2.19. The number of benzene rings is 2. The highest BCUT2D eigenvalue weighted by Crippen LogP contribution is 2.29. The summed E-state index contributed by atoms with van der Waals surface area (Å²) in [6.07, 6.45) is 2.42. The van der Waals surface area contributed by atoms with Gasteiger partial charge in [-0.2, -0.15) is 10.2 Å². The van der Waals surface area contributed by atoms with Crippen molar-refractivity contribution in [2.45, 2.75) is 60.4 Å². The molecule has 0 saturated heterocycles. The number of fused-ring (bicyclic) bond motifs is 1. The summed E-state index contributed by atoms with van der Waals surface area (Å²) in [5.74, 6) is 0.123. The monoisotopic (exact) mass is 456 g/mol. The van der Waals surface area contributed by atoms with E-state index in [9.17, 15) is 9.90 Å². The fourth-order valence-electron chi connectivity index (χ4n) is 4.36. The van der Waals surface area contributed by atoms with Gasteiger partial charge in [0.25, 0.3) is 0 Å². The molecular formula is C28H32N4O2. The van der Waals surface area contributed by atoms with Gasteiger partial charge in [-0.05, 0) is 41.0 Å². The molecular weight excluding hydrogens is 424 g/mol. The fraction of sp³-hybridized carbons (Fsp3) is 0.357. The van der Waals surface area contributed by atoms with E-state index in [2.05, 4.69) is 61.5 Å². The Morgan fingerprint density at radius 1 is 0.941 bits per heavy atom. The molecule has 2 aromatic heterocycles. The molecule has 2 aromatic carbocycles. The first-order valence-corrected chi connectivity index (χ1v) is 11.9. The zero-order valence-corrected chi connectivity index (χ0v) is 20.6. The van der Waals surface area contributed by atoms with Crippen LogP contribution in [0.3, 0.4) is 0 Å². The van der Waals surface area contributed by atoms with E-state index in [1.54, 1.807) is 12.1 Å². The minimum Gasteiger partial charge on any atom is -0.478 e. The maximum atomic E-state index is 11.6. The molecule has 0 atom stereocenters. The highest BCUT2D eigenvalue weighted by atomic mass is 16.4. The molecule has 0 radical (unpaired) electrons. The van der Waals surface area contributed by atoms with Crippen molar-refractivity contribution in [1.29, 1.82) is 0 Å². The Hall–Kier alpha value is -3.54. The number of carbonyl (C=O) groups is 1. The Bertz CT molecular complexity index is 1330. The van der Waals surface area contributed by atoms with Gasteiger partial charge in [0.05, 0.1) is 22.5 Å². The Morgan fingerprint density at radius 2 is 1.59 bits per heavy atom. The number of carboxylic acid groups (broad SMARTS) is 1. The van der Waals surface area contributed by atoms with E-state index in [1.165, 1.54) is 0 Å². The van der Waals surface area contributed by atoms with E-state index in [4.69, 9.17) is 4.98 Å². The van der Waals surface area contributed by atoms with E-state index in [1.807, 2.05) is 24.3 Å². The number of rotatable bonds is 7. The van der Waals surface area contributed by atoms with Gasteiger partial charge in [-0.1, -0.05) is 77.1 Å². The summed E-state index contributed by atoms with van der Waals surface area (Å²) in [6, 6.07) is 15.2. The van der Waals surface area contributed by atoms with Gasteiger partial charge in [0.2, 0.25) is 0 Å². The molecule has 34 heavy (non-hydrogen) atoms. The standard InChI is InChI=1S/C28H32N4O2/c1-6-22-25-26(23(7-2)31-30-22)32(24(29-25)16-28(3,4)5)17-18-12-14-19(15-13-18)20-10-8-9-11-21(20)27(33)34/h8-15H,6-7,16-17H2,1-5H3,(H,33,34). The van der Waals surface area contributed by atoms with Crippen LogP contribution in [0.4, 0.5) is 0 Å². The number of nitrogens with zero attached hydrogens (tertiary/aromatic N) is 4. The molecule has 0 fully saturated rings. The number of aromatic carboxylic acids is 1. The molecule has 0 spiro atoms. The highest BCUT2D eigenvalue weighted by Gasteiger charge is 2.22. The molecule has 0 aliphatic rings. The summed E-state index contributed by atoms with van der Waals surface area (Å²) >= 11 is 0. The third-order valence-corrected chi connectivity index (χ3v) is 6.01. The van der Waals surface area contributed by atoms with Gasteiger partial charge in [0.1, 0.15) is 11.3 Å². The third-order valence-electron chi connectivity index (χ3n) is 6.01. The van der Waals surface area contributed by atoms with Crippen LogP contribution in [0.15, 0.2) is 48.5 Å². The lowest BCUT2D eigenvalue weighted by molar-refractivity contribution is 0.0697. The molecule has 0 amide bonds. The quantitative estimate of drug-likeness (QED) is 0.371. The number of imidazole rings is 1. The van der Waals surface area contributed by atoms with Gasteiger partial charge in [-0.15, -0.1) is 0 Å². The average Bonchev–Trinajstić information content (AvgIpc) is 3.15. The smallest absolute Gasteiger partial charge is 0.336 e. The predicted molar refractivity (Wildman–Crippen MR) is 135 cm³/mol. The zero-order chi connectivity index (χ0) is 24.5. The van der Waals surface area contributed by atoms with Crippen molar-refractivity contribution in [3.63, 3.8) is 0 Å². The van der Waals surface area contributed by atoms with Crippen LogP contribution in [-0.2, 0) is 25.8 Å². The van der Waals surface area contributed by atoms with Gasteiger partial charge >= 0.3 is 5.97 Å². The van der Waals surface area contributed by atoms with E-state index in [-0.39, 0.29) is 5.41 Å². The molecule has 0 aliphatic heterocycles. The molecule has 6 heteroatoms. The molecule has 4 rings (SSSR count). The van der Waals surface area contributed by atoms with Crippen molar-refractivity contribution in [3.8, 4) is 11.1 Å². The van der Waals surface area contributed by atoms with Crippen molar-refractivity contribution in [2.24, 2.45) is 5.41 Å². The molecule has 4 aromatic rings. The second-order valence-electron chi connectivity index (χ2n) is 9.90. The maximum absolute atomic E-state index is 11.6. The maximum Gasteiger partial charge on any atom is 0.336 e. The SMILES string of the molecule is CCc1nnc(CC)c2c1nc(CC(C)(C)C)n2Cc1ccc(-c2ccccc2C(=O)O)cc1. The number of hydrogen-bond acceptors (Lipinski definition) is 4. The topological polar surface area (TPSA) is 80.9 Å². The van der Waals surface area contributed by atoms with E-state index in [0.717, 1.165) is 64.2 Å². The van der Waals surface area contributed by atoms with Gasteiger partial charge < -0.3 is 9.67 Å². The van der Waals surface area contributed by atoms with Crippen LogP contribution in [0.1, 0.15) is 67.8 Å². The predicted octanol–water partition coefficient (Wildman–Crippen LogP) is 5.95. The van der Waals surface area contributed by atoms with Crippen molar-refractivity contribution < 1.29 is 9.90 Å². The summed E-state index contributed by atoms with van der Waals surface area (Å²) < 4.78 is 2.30. The Balaban J connectivity index is 1.78. The Morgan fingerprint density at radius 3 is 2.21 bits per heavy atom. The molecule has 0 saturated carbocycles.